The molecule has 1 aromatic heterocycles. The first-order valence-corrected chi connectivity index (χ1v) is 9.46. The molecule has 0 bridgehead atoms. The van der Waals surface area contributed by atoms with Crippen molar-refractivity contribution in [3.8, 4) is 5.69 Å². The van der Waals surface area contributed by atoms with Crippen LogP contribution in [0, 0.1) is 13.8 Å². The zero-order chi connectivity index (χ0) is 20.2. The molecule has 0 amide bonds. The molecule has 0 atom stereocenters. The van der Waals surface area contributed by atoms with Gasteiger partial charge in [-0.25, -0.2) is 4.68 Å². The third-order valence-corrected chi connectivity index (χ3v) is 4.72. The maximum absolute atomic E-state index is 13.3. The molecule has 4 aromatic rings. The van der Waals surface area contributed by atoms with Crippen LogP contribution >= 0.6 is 0 Å². The molecule has 2 N–H and O–H groups in total. The second kappa shape index (κ2) is 8.02. The quantitative estimate of drug-likeness (QED) is 0.390. The molecule has 0 saturated carbocycles. The Balaban J connectivity index is 1.82. The van der Waals surface area contributed by atoms with Crippen molar-refractivity contribution < 1.29 is 0 Å². The molecule has 0 spiro atoms. The molecule has 4 rings (SSSR count). The lowest BCUT2D eigenvalue weighted by Gasteiger charge is -2.07. The van der Waals surface area contributed by atoms with Gasteiger partial charge in [-0.05, 0) is 38.1 Å². The Kier molecular flexibility index (Phi) is 5.12. The summed E-state index contributed by atoms with van der Waals surface area (Å²) in [6.45, 7) is 3.93. The predicted octanol–water partition coefficient (Wildman–Crippen LogP) is 4.65. The highest BCUT2D eigenvalue weighted by Gasteiger charge is 2.19. The first kappa shape index (κ1) is 18.5. The van der Waals surface area contributed by atoms with Gasteiger partial charge in [-0.3, -0.25) is 15.3 Å². The molecule has 5 nitrogen and oxygen atoms in total. The van der Waals surface area contributed by atoms with E-state index in [1.165, 1.54) is 5.56 Å². The third-order valence-electron chi connectivity index (χ3n) is 4.72. The molecule has 0 aliphatic rings. The second-order valence-electron chi connectivity index (χ2n) is 6.89. The van der Waals surface area contributed by atoms with Crippen LogP contribution in [0.15, 0.2) is 94.8 Å². The number of aryl methyl sites for hydroxylation is 2. The van der Waals surface area contributed by atoms with E-state index in [0.29, 0.717) is 11.3 Å². The molecule has 3 aromatic carbocycles. The number of rotatable bonds is 5. The second-order valence-corrected chi connectivity index (χ2v) is 6.89. The average molecular weight is 382 g/mol. The van der Waals surface area contributed by atoms with Gasteiger partial charge < -0.3 is 0 Å². The van der Waals surface area contributed by atoms with Crippen molar-refractivity contribution in [1.82, 2.24) is 9.78 Å². The van der Waals surface area contributed by atoms with Gasteiger partial charge in [-0.1, -0.05) is 66.2 Å². The van der Waals surface area contributed by atoms with Crippen LogP contribution in [0.4, 0.5) is 5.69 Å². The SMILES string of the molecule is Cc1ccc(NN=C(c2ccccc2)c2c(C)[nH]n(-c3ccccc3)c2=O)cc1. The number of hydrogen-bond acceptors (Lipinski definition) is 3. The number of anilines is 1. The normalized spacial score (nSPS) is 11.4. The summed E-state index contributed by atoms with van der Waals surface area (Å²) >= 11 is 0. The number of nitrogens with zero attached hydrogens (tertiary/aromatic N) is 2. The van der Waals surface area contributed by atoms with Gasteiger partial charge in [0.05, 0.1) is 16.9 Å². The molecule has 0 saturated heterocycles. The molecule has 0 radical (unpaired) electrons. The van der Waals surface area contributed by atoms with Gasteiger partial charge in [0, 0.05) is 11.3 Å². The number of aromatic amines is 1. The molecule has 0 aliphatic heterocycles. The maximum atomic E-state index is 13.3. The molecule has 144 valence electrons. The number of H-pyrrole nitrogens is 1. The van der Waals surface area contributed by atoms with Crippen LogP contribution in [-0.2, 0) is 0 Å². The molecule has 5 heteroatoms. The fourth-order valence-corrected chi connectivity index (χ4v) is 3.19. The molecule has 0 unspecified atom stereocenters. The standard InChI is InChI=1S/C24H22N4O/c1-17-13-15-20(16-14-17)25-26-23(19-9-5-3-6-10-19)22-18(2)27-28(24(22)29)21-11-7-4-8-12-21/h3-16,25,27H,1-2H3. The lowest BCUT2D eigenvalue weighted by molar-refractivity contribution is 0.835. The zero-order valence-electron chi connectivity index (χ0n) is 16.4. The van der Waals surface area contributed by atoms with Gasteiger partial charge in [0.25, 0.3) is 5.56 Å². The summed E-state index contributed by atoms with van der Waals surface area (Å²) in [5, 5.41) is 7.81. The van der Waals surface area contributed by atoms with Gasteiger partial charge >= 0.3 is 0 Å². The number of hydrazone groups is 1. The number of para-hydroxylation sites is 1. The van der Waals surface area contributed by atoms with Crippen molar-refractivity contribution >= 4 is 11.4 Å². The van der Waals surface area contributed by atoms with Crippen LogP contribution in [0.1, 0.15) is 22.4 Å². The fourth-order valence-electron chi connectivity index (χ4n) is 3.19. The smallest absolute Gasteiger partial charge is 0.281 e. The van der Waals surface area contributed by atoms with E-state index in [4.69, 9.17) is 0 Å². The Bertz CT molecular complexity index is 1190. The van der Waals surface area contributed by atoms with Crippen LogP contribution in [0.2, 0.25) is 0 Å². The van der Waals surface area contributed by atoms with Crippen molar-refractivity contribution in [3.05, 3.63) is 118 Å². The lowest BCUT2D eigenvalue weighted by Crippen LogP contribution is -2.22. The first-order valence-electron chi connectivity index (χ1n) is 9.46. The van der Waals surface area contributed by atoms with E-state index in [0.717, 1.165) is 22.6 Å². The summed E-state index contributed by atoms with van der Waals surface area (Å²) in [7, 11) is 0. The lowest BCUT2D eigenvalue weighted by atomic mass is 10.0. The summed E-state index contributed by atoms with van der Waals surface area (Å²) in [5.41, 5.74) is 8.54. The van der Waals surface area contributed by atoms with Gasteiger partial charge in [0.2, 0.25) is 0 Å². The van der Waals surface area contributed by atoms with Crippen molar-refractivity contribution in [3.63, 3.8) is 0 Å². The summed E-state index contributed by atoms with van der Waals surface area (Å²) in [6.07, 6.45) is 0. The monoisotopic (exact) mass is 382 g/mol. The topological polar surface area (TPSA) is 62.2 Å². The van der Waals surface area contributed by atoms with E-state index >= 15 is 0 Å². The van der Waals surface area contributed by atoms with Crippen molar-refractivity contribution in [2.45, 2.75) is 13.8 Å². The van der Waals surface area contributed by atoms with Gasteiger partial charge in [0.15, 0.2) is 0 Å². The minimum absolute atomic E-state index is 0.137. The average Bonchev–Trinajstić information content (AvgIpc) is 3.05. The minimum atomic E-state index is -0.137. The van der Waals surface area contributed by atoms with E-state index < -0.39 is 0 Å². The minimum Gasteiger partial charge on any atom is -0.295 e. The Morgan fingerprint density at radius 1 is 0.862 bits per heavy atom. The summed E-state index contributed by atoms with van der Waals surface area (Å²) in [4.78, 5) is 13.3. The number of aromatic nitrogens is 2. The summed E-state index contributed by atoms with van der Waals surface area (Å²) in [6, 6.07) is 27.2. The third kappa shape index (κ3) is 3.89. The van der Waals surface area contributed by atoms with Crippen LogP contribution in [-0.4, -0.2) is 15.5 Å². The van der Waals surface area contributed by atoms with Gasteiger partial charge in [0.1, 0.15) is 5.71 Å². The number of benzene rings is 3. The van der Waals surface area contributed by atoms with E-state index in [2.05, 4.69) is 15.6 Å². The molecular weight excluding hydrogens is 360 g/mol. The van der Waals surface area contributed by atoms with Gasteiger partial charge in [-0.2, -0.15) is 5.10 Å². The van der Waals surface area contributed by atoms with Crippen LogP contribution in [0.25, 0.3) is 5.69 Å². The van der Waals surface area contributed by atoms with Crippen LogP contribution in [0.3, 0.4) is 0 Å². The first-order chi connectivity index (χ1) is 14.1. The molecule has 1 heterocycles. The van der Waals surface area contributed by atoms with Crippen LogP contribution in [0.5, 0.6) is 0 Å². The fraction of sp³-hybridized carbons (Fsp3) is 0.0833. The van der Waals surface area contributed by atoms with Crippen molar-refractivity contribution in [1.29, 1.82) is 0 Å². The molecule has 0 fully saturated rings. The molecule has 0 aliphatic carbocycles. The van der Waals surface area contributed by atoms with Gasteiger partial charge in [-0.15, -0.1) is 0 Å². The van der Waals surface area contributed by atoms with E-state index in [1.807, 2.05) is 98.8 Å². The molecular formula is C24H22N4O. The predicted molar refractivity (Wildman–Crippen MR) is 118 cm³/mol. The maximum Gasteiger partial charge on any atom is 0.281 e. The molecule has 29 heavy (non-hydrogen) atoms. The highest BCUT2D eigenvalue weighted by atomic mass is 16.1. The Labute approximate surface area is 169 Å². The zero-order valence-corrected chi connectivity index (χ0v) is 16.4. The van der Waals surface area contributed by atoms with E-state index in [9.17, 15) is 4.79 Å². The highest BCUT2D eigenvalue weighted by molar-refractivity contribution is 6.13. The van der Waals surface area contributed by atoms with Crippen LogP contribution < -0.4 is 11.0 Å². The van der Waals surface area contributed by atoms with Crippen molar-refractivity contribution in [2.75, 3.05) is 5.43 Å². The largest absolute Gasteiger partial charge is 0.295 e. The Hall–Kier alpha value is -3.86. The summed E-state index contributed by atoms with van der Waals surface area (Å²) < 4.78 is 1.55. The van der Waals surface area contributed by atoms with Crippen molar-refractivity contribution in [2.24, 2.45) is 5.10 Å². The summed E-state index contributed by atoms with van der Waals surface area (Å²) in [5.74, 6) is 0. The number of nitrogens with one attached hydrogen (secondary N) is 2. The van der Waals surface area contributed by atoms with E-state index in [1.54, 1.807) is 4.68 Å². The highest BCUT2D eigenvalue weighted by Crippen LogP contribution is 2.15. The van der Waals surface area contributed by atoms with E-state index in [-0.39, 0.29) is 5.56 Å². The Morgan fingerprint density at radius 3 is 2.14 bits per heavy atom. The Morgan fingerprint density at radius 2 is 1.48 bits per heavy atom. The number of hydrogen-bond donors (Lipinski definition) is 2.